The molecule has 0 bridgehead atoms. The summed E-state index contributed by atoms with van der Waals surface area (Å²) in [6.45, 7) is 2.56. The highest BCUT2D eigenvalue weighted by Gasteiger charge is 2.27. The maximum atomic E-state index is 13.4. The molecule has 1 saturated heterocycles. The Morgan fingerprint density at radius 3 is 2.88 bits per heavy atom. The molecule has 3 heterocycles. The molecule has 3 aromatic rings. The van der Waals surface area contributed by atoms with Gasteiger partial charge in [-0.1, -0.05) is 24.3 Å². The van der Waals surface area contributed by atoms with E-state index in [1.165, 1.54) is 0 Å². The fourth-order valence-electron chi connectivity index (χ4n) is 3.57. The number of aromatic nitrogens is 1. The summed E-state index contributed by atoms with van der Waals surface area (Å²) in [6, 6.07) is 16.4. The first-order valence-corrected chi connectivity index (χ1v) is 10.0. The molecular weight excluding hydrogens is 342 g/mol. The molecule has 1 fully saturated rings. The molecule has 1 aromatic carbocycles. The first-order valence-electron chi connectivity index (χ1n) is 9.21. The predicted molar refractivity (Wildman–Crippen MR) is 106 cm³/mol. The molecule has 26 heavy (non-hydrogen) atoms. The van der Waals surface area contributed by atoms with Gasteiger partial charge in [-0.15, -0.1) is 11.3 Å². The molecule has 1 atom stereocenters. The molecule has 1 aliphatic rings. The first-order chi connectivity index (χ1) is 12.8. The van der Waals surface area contributed by atoms with E-state index in [0.29, 0.717) is 6.54 Å². The Balaban J connectivity index is 1.64. The van der Waals surface area contributed by atoms with E-state index in [2.05, 4.69) is 22.4 Å². The zero-order chi connectivity index (χ0) is 17.8. The van der Waals surface area contributed by atoms with Crippen LogP contribution < -0.4 is 5.32 Å². The number of pyridine rings is 1. The predicted octanol–water partition coefficient (Wildman–Crippen LogP) is 4.08. The number of rotatable bonds is 4. The fraction of sp³-hybridized carbons (Fsp3) is 0.333. The summed E-state index contributed by atoms with van der Waals surface area (Å²) < 4.78 is 1.16. The smallest absolute Gasteiger partial charge is 0.264 e. The lowest BCUT2D eigenvalue weighted by atomic mass is 10.1. The van der Waals surface area contributed by atoms with Crippen molar-refractivity contribution < 1.29 is 4.79 Å². The van der Waals surface area contributed by atoms with Gasteiger partial charge in [0, 0.05) is 16.9 Å². The normalized spacial score (nSPS) is 17.8. The number of nitrogens with zero attached hydrogens (tertiary/aromatic N) is 2. The van der Waals surface area contributed by atoms with Gasteiger partial charge in [-0.2, -0.15) is 0 Å². The van der Waals surface area contributed by atoms with E-state index >= 15 is 0 Å². The maximum absolute atomic E-state index is 13.4. The molecule has 1 N–H and O–H groups in total. The molecule has 1 unspecified atom stereocenters. The van der Waals surface area contributed by atoms with Gasteiger partial charge >= 0.3 is 0 Å². The van der Waals surface area contributed by atoms with Crippen molar-refractivity contribution in [2.24, 2.45) is 0 Å². The quantitative estimate of drug-likeness (QED) is 0.758. The Morgan fingerprint density at radius 1 is 1.15 bits per heavy atom. The van der Waals surface area contributed by atoms with Gasteiger partial charge in [0.05, 0.1) is 17.1 Å². The summed E-state index contributed by atoms with van der Waals surface area (Å²) in [4.78, 5) is 20.7. The Bertz CT molecular complexity index is 836. The van der Waals surface area contributed by atoms with Crippen molar-refractivity contribution in [1.82, 2.24) is 15.2 Å². The molecule has 4 nitrogen and oxygen atoms in total. The van der Waals surface area contributed by atoms with Crippen LogP contribution in [0, 0.1) is 0 Å². The van der Waals surface area contributed by atoms with Gasteiger partial charge in [0.2, 0.25) is 0 Å². The number of thiophene rings is 1. The van der Waals surface area contributed by atoms with Crippen LogP contribution in [-0.4, -0.2) is 34.9 Å². The average Bonchev–Trinajstić information content (AvgIpc) is 2.94. The summed E-state index contributed by atoms with van der Waals surface area (Å²) in [5.74, 6) is 0.128. The molecule has 1 amide bonds. The van der Waals surface area contributed by atoms with Crippen LogP contribution in [0.25, 0.3) is 10.1 Å². The lowest BCUT2D eigenvalue weighted by Gasteiger charge is -2.30. The number of hydrogen-bond donors (Lipinski definition) is 1. The Hall–Kier alpha value is -2.24. The molecule has 2 aromatic heterocycles. The lowest BCUT2D eigenvalue weighted by molar-refractivity contribution is 0.0647. The van der Waals surface area contributed by atoms with Gasteiger partial charge in [0.15, 0.2) is 0 Å². The Kier molecular flexibility index (Phi) is 5.27. The topological polar surface area (TPSA) is 45.2 Å². The second kappa shape index (κ2) is 7.98. The van der Waals surface area contributed by atoms with Gasteiger partial charge in [0.25, 0.3) is 5.91 Å². The zero-order valence-corrected chi connectivity index (χ0v) is 15.5. The van der Waals surface area contributed by atoms with Gasteiger partial charge in [-0.25, -0.2) is 0 Å². The highest BCUT2D eigenvalue weighted by Crippen LogP contribution is 2.28. The minimum Gasteiger partial charge on any atom is -0.329 e. The lowest BCUT2D eigenvalue weighted by Crippen LogP contribution is -2.40. The summed E-state index contributed by atoms with van der Waals surface area (Å²) in [5.41, 5.74) is 0.944. The number of amides is 1. The van der Waals surface area contributed by atoms with Crippen molar-refractivity contribution in [3.05, 3.63) is 65.3 Å². The van der Waals surface area contributed by atoms with E-state index in [-0.39, 0.29) is 11.9 Å². The van der Waals surface area contributed by atoms with E-state index in [1.807, 2.05) is 41.3 Å². The van der Waals surface area contributed by atoms with Gasteiger partial charge in [0.1, 0.15) is 0 Å². The number of carbonyl (C=O) groups excluding carboxylic acids is 1. The van der Waals surface area contributed by atoms with Crippen LogP contribution in [0.1, 0.15) is 34.6 Å². The molecule has 0 radical (unpaired) electrons. The Labute approximate surface area is 157 Å². The molecule has 4 rings (SSSR count). The number of fused-ring (bicyclic) bond motifs is 1. The number of carbonyl (C=O) groups is 1. The van der Waals surface area contributed by atoms with Crippen molar-refractivity contribution >= 4 is 27.3 Å². The largest absolute Gasteiger partial charge is 0.329 e. The van der Waals surface area contributed by atoms with Crippen molar-refractivity contribution in [2.45, 2.75) is 31.8 Å². The van der Waals surface area contributed by atoms with Crippen molar-refractivity contribution in [3.63, 3.8) is 0 Å². The van der Waals surface area contributed by atoms with Crippen LogP contribution in [0.5, 0.6) is 0 Å². The van der Waals surface area contributed by atoms with Crippen molar-refractivity contribution in [2.75, 3.05) is 13.1 Å². The average molecular weight is 366 g/mol. The van der Waals surface area contributed by atoms with E-state index in [0.717, 1.165) is 53.0 Å². The van der Waals surface area contributed by atoms with E-state index in [9.17, 15) is 4.79 Å². The maximum Gasteiger partial charge on any atom is 0.264 e. The molecular formula is C21H23N3OS. The van der Waals surface area contributed by atoms with Crippen LogP contribution in [0.4, 0.5) is 0 Å². The number of nitrogens with one attached hydrogen (secondary N) is 1. The van der Waals surface area contributed by atoms with Crippen molar-refractivity contribution in [1.29, 1.82) is 0 Å². The third-order valence-corrected chi connectivity index (χ3v) is 6.05. The van der Waals surface area contributed by atoms with Gasteiger partial charge in [-0.3, -0.25) is 9.78 Å². The molecule has 0 spiro atoms. The fourth-order valence-corrected chi connectivity index (χ4v) is 4.59. The highest BCUT2D eigenvalue weighted by atomic mass is 32.1. The summed E-state index contributed by atoms with van der Waals surface area (Å²) in [6.07, 6.45) is 4.93. The monoisotopic (exact) mass is 365 g/mol. The SMILES string of the molecule is O=C(c1cc2ccccc2s1)N(Cc1ccccn1)C1CCCNCC1. The first kappa shape index (κ1) is 17.2. The van der Waals surface area contributed by atoms with Crippen molar-refractivity contribution in [3.8, 4) is 0 Å². The van der Waals surface area contributed by atoms with Crippen LogP contribution in [0.15, 0.2) is 54.7 Å². The van der Waals surface area contributed by atoms with Crippen LogP contribution in [0.3, 0.4) is 0 Å². The van der Waals surface area contributed by atoms with Crippen LogP contribution in [0.2, 0.25) is 0 Å². The number of hydrogen-bond acceptors (Lipinski definition) is 4. The third-order valence-electron chi connectivity index (χ3n) is 4.94. The summed E-state index contributed by atoms with van der Waals surface area (Å²) >= 11 is 1.59. The molecule has 1 aliphatic heterocycles. The minimum absolute atomic E-state index is 0.128. The molecule has 134 valence electrons. The molecule has 0 aliphatic carbocycles. The second-order valence-electron chi connectivity index (χ2n) is 6.74. The third kappa shape index (κ3) is 3.79. The second-order valence-corrected chi connectivity index (χ2v) is 7.82. The van der Waals surface area contributed by atoms with E-state index in [4.69, 9.17) is 0 Å². The highest BCUT2D eigenvalue weighted by molar-refractivity contribution is 7.20. The van der Waals surface area contributed by atoms with Gasteiger partial charge < -0.3 is 10.2 Å². The van der Waals surface area contributed by atoms with Crippen LogP contribution in [-0.2, 0) is 6.54 Å². The number of benzene rings is 1. The summed E-state index contributed by atoms with van der Waals surface area (Å²) in [5, 5.41) is 4.59. The molecule has 0 saturated carbocycles. The van der Waals surface area contributed by atoms with E-state index < -0.39 is 0 Å². The van der Waals surface area contributed by atoms with E-state index in [1.54, 1.807) is 17.5 Å². The Morgan fingerprint density at radius 2 is 2.04 bits per heavy atom. The minimum atomic E-state index is 0.128. The standard InChI is InChI=1S/C21H23N3OS/c25-21(20-14-16-6-1-2-9-19(16)26-20)24(15-17-7-3-4-12-23-17)18-8-5-11-22-13-10-18/h1-4,6-7,9,12,14,18,22H,5,8,10-11,13,15H2. The van der Waals surface area contributed by atoms with Crippen LogP contribution >= 0.6 is 11.3 Å². The molecule has 5 heteroatoms. The van der Waals surface area contributed by atoms with Gasteiger partial charge in [-0.05, 0) is 62.0 Å². The zero-order valence-electron chi connectivity index (χ0n) is 14.7. The summed E-state index contributed by atoms with van der Waals surface area (Å²) in [7, 11) is 0.